The maximum absolute atomic E-state index is 11.9. The van der Waals surface area contributed by atoms with Crippen LogP contribution in [-0.2, 0) is 11.3 Å². The molecule has 1 amide bonds. The van der Waals surface area contributed by atoms with Crippen molar-refractivity contribution in [1.29, 1.82) is 0 Å². The Balaban J connectivity index is 2.01. The van der Waals surface area contributed by atoms with Crippen molar-refractivity contribution in [2.24, 2.45) is 0 Å². The van der Waals surface area contributed by atoms with Crippen LogP contribution >= 0.6 is 0 Å². The summed E-state index contributed by atoms with van der Waals surface area (Å²) >= 11 is 0. The van der Waals surface area contributed by atoms with E-state index >= 15 is 0 Å². The zero-order chi connectivity index (χ0) is 11.4. The quantitative estimate of drug-likeness (QED) is 0.776. The standard InChI is InChI=1S/C10H15N3O3/c1-11-7-9-12-6-8(16-9)10(14)13-2-4-15-5-3-13/h6,11H,2-5,7H2,1H3. The van der Waals surface area contributed by atoms with Gasteiger partial charge in [-0.15, -0.1) is 0 Å². The molecule has 1 aromatic heterocycles. The average molecular weight is 225 g/mol. The highest BCUT2D eigenvalue weighted by Crippen LogP contribution is 2.09. The van der Waals surface area contributed by atoms with Crippen molar-refractivity contribution in [3.05, 3.63) is 17.8 Å². The highest BCUT2D eigenvalue weighted by molar-refractivity contribution is 5.91. The van der Waals surface area contributed by atoms with E-state index in [2.05, 4.69) is 10.3 Å². The molecule has 0 aliphatic carbocycles. The minimum absolute atomic E-state index is 0.113. The Morgan fingerprint density at radius 2 is 2.31 bits per heavy atom. The fourth-order valence-corrected chi connectivity index (χ4v) is 1.56. The normalized spacial score (nSPS) is 16.4. The molecule has 1 aliphatic heterocycles. The monoisotopic (exact) mass is 225 g/mol. The molecule has 2 heterocycles. The van der Waals surface area contributed by atoms with Crippen molar-refractivity contribution in [3.8, 4) is 0 Å². The zero-order valence-electron chi connectivity index (χ0n) is 9.23. The number of carbonyl (C=O) groups is 1. The second-order valence-corrected chi connectivity index (χ2v) is 3.55. The van der Waals surface area contributed by atoms with Crippen LogP contribution < -0.4 is 5.32 Å². The molecule has 1 fully saturated rings. The number of morpholine rings is 1. The van der Waals surface area contributed by atoms with Crippen molar-refractivity contribution in [2.45, 2.75) is 6.54 Å². The Labute approximate surface area is 93.6 Å². The molecule has 1 saturated heterocycles. The van der Waals surface area contributed by atoms with Gasteiger partial charge in [0.25, 0.3) is 5.91 Å². The molecular formula is C10H15N3O3. The number of oxazole rings is 1. The van der Waals surface area contributed by atoms with E-state index in [1.165, 1.54) is 6.20 Å². The summed E-state index contributed by atoms with van der Waals surface area (Å²) in [5.41, 5.74) is 0. The Morgan fingerprint density at radius 3 is 3.00 bits per heavy atom. The summed E-state index contributed by atoms with van der Waals surface area (Å²) in [4.78, 5) is 17.7. The lowest BCUT2D eigenvalue weighted by Crippen LogP contribution is -2.40. The van der Waals surface area contributed by atoms with Gasteiger partial charge in [0, 0.05) is 13.1 Å². The Bertz CT molecular complexity index is 358. The Kier molecular flexibility index (Phi) is 3.53. The molecule has 0 radical (unpaired) electrons. The minimum Gasteiger partial charge on any atom is -0.434 e. The number of ether oxygens (including phenoxy) is 1. The highest BCUT2D eigenvalue weighted by Gasteiger charge is 2.21. The topological polar surface area (TPSA) is 67.6 Å². The van der Waals surface area contributed by atoms with E-state index in [4.69, 9.17) is 9.15 Å². The molecule has 6 nitrogen and oxygen atoms in total. The van der Waals surface area contributed by atoms with Crippen molar-refractivity contribution in [2.75, 3.05) is 33.4 Å². The number of nitrogens with one attached hydrogen (secondary N) is 1. The lowest BCUT2D eigenvalue weighted by atomic mass is 10.3. The van der Waals surface area contributed by atoms with E-state index in [0.717, 1.165) is 0 Å². The molecule has 1 aliphatic rings. The van der Waals surface area contributed by atoms with Gasteiger partial charge in [-0.05, 0) is 7.05 Å². The van der Waals surface area contributed by atoms with Gasteiger partial charge in [-0.2, -0.15) is 0 Å². The molecule has 1 aromatic rings. The molecule has 0 aromatic carbocycles. The Hall–Kier alpha value is -1.40. The molecule has 88 valence electrons. The van der Waals surface area contributed by atoms with E-state index in [1.54, 1.807) is 11.9 Å². The fraction of sp³-hybridized carbons (Fsp3) is 0.600. The van der Waals surface area contributed by atoms with E-state index in [9.17, 15) is 4.79 Å². The smallest absolute Gasteiger partial charge is 0.291 e. The summed E-state index contributed by atoms with van der Waals surface area (Å²) < 4.78 is 10.5. The molecule has 2 rings (SSSR count). The molecule has 1 N–H and O–H groups in total. The van der Waals surface area contributed by atoms with E-state index < -0.39 is 0 Å². The molecule has 0 spiro atoms. The van der Waals surface area contributed by atoms with Gasteiger partial charge < -0.3 is 19.4 Å². The summed E-state index contributed by atoms with van der Waals surface area (Å²) in [6, 6.07) is 0. The van der Waals surface area contributed by atoms with Gasteiger partial charge in [0.1, 0.15) is 0 Å². The second-order valence-electron chi connectivity index (χ2n) is 3.55. The summed E-state index contributed by atoms with van der Waals surface area (Å²) in [6.07, 6.45) is 1.48. The van der Waals surface area contributed by atoms with Gasteiger partial charge in [-0.1, -0.05) is 0 Å². The molecule has 0 unspecified atom stereocenters. The largest absolute Gasteiger partial charge is 0.434 e. The molecule has 0 bridgehead atoms. The second kappa shape index (κ2) is 5.09. The maximum atomic E-state index is 11.9. The number of hydrogen-bond acceptors (Lipinski definition) is 5. The summed E-state index contributed by atoms with van der Waals surface area (Å²) in [6.45, 7) is 2.92. The van der Waals surface area contributed by atoms with Gasteiger partial charge in [-0.25, -0.2) is 4.98 Å². The van der Waals surface area contributed by atoms with Gasteiger partial charge in [0.05, 0.1) is 26.0 Å². The average Bonchev–Trinajstić information content (AvgIpc) is 2.78. The molecular weight excluding hydrogens is 210 g/mol. The van der Waals surface area contributed by atoms with E-state index in [1.807, 2.05) is 0 Å². The van der Waals surface area contributed by atoms with Crippen molar-refractivity contribution in [1.82, 2.24) is 15.2 Å². The first-order chi connectivity index (χ1) is 7.81. The number of hydrogen-bond donors (Lipinski definition) is 1. The predicted octanol–water partition coefficient (Wildman–Crippen LogP) is -0.134. The van der Waals surface area contributed by atoms with Crippen LogP contribution in [-0.4, -0.2) is 49.1 Å². The van der Waals surface area contributed by atoms with Gasteiger partial charge in [0.15, 0.2) is 0 Å². The maximum Gasteiger partial charge on any atom is 0.291 e. The van der Waals surface area contributed by atoms with Crippen LogP contribution in [0.2, 0.25) is 0 Å². The minimum atomic E-state index is -0.113. The van der Waals surface area contributed by atoms with Crippen LogP contribution in [0.3, 0.4) is 0 Å². The predicted molar refractivity (Wildman–Crippen MR) is 56.0 cm³/mol. The SMILES string of the molecule is CNCc1ncc(C(=O)N2CCOCC2)o1. The van der Waals surface area contributed by atoms with Crippen LogP contribution in [0.1, 0.15) is 16.4 Å². The first-order valence-electron chi connectivity index (χ1n) is 5.27. The molecule has 0 saturated carbocycles. The van der Waals surface area contributed by atoms with Crippen molar-refractivity contribution in [3.63, 3.8) is 0 Å². The molecule has 16 heavy (non-hydrogen) atoms. The number of rotatable bonds is 3. The third-order valence-corrected chi connectivity index (χ3v) is 2.39. The van der Waals surface area contributed by atoms with Crippen molar-refractivity contribution >= 4 is 5.91 Å². The third-order valence-electron chi connectivity index (χ3n) is 2.39. The molecule has 0 atom stereocenters. The number of aromatic nitrogens is 1. The van der Waals surface area contributed by atoms with Gasteiger partial charge in [0.2, 0.25) is 11.7 Å². The highest BCUT2D eigenvalue weighted by atomic mass is 16.5. The van der Waals surface area contributed by atoms with E-state index in [0.29, 0.717) is 44.5 Å². The van der Waals surface area contributed by atoms with Gasteiger partial charge >= 0.3 is 0 Å². The number of nitrogens with zero attached hydrogens (tertiary/aromatic N) is 2. The van der Waals surface area contributed by atoms with Crippen LogP contribution in [0.15, 0.2) is 10.6 Å². The zero-order valence-corrected chi connectivity index (χ0v) is 9.23. The van der Waals surface area contributed by atoms with Gasteiger partial charge in [-0.3, -0.25) is 4.79 Å². The van der Waals surface area contributed by atoms with Crippen LogP contribution in [0, 0.1) is 0 Å². The van der Waals surface area contributed by atoms with Crippen LogP contribution in [0.4, 0.5) is 0 Å². The van der Waals surface area contributed by atoms with Crippen molar-refractivity contribution < 1.29 is 13.9 Å². The third kappa shape index (κ3) is 2.40. The lowest BCUT2D eigenvalue weighted by molar-refractivity contribution is 0.0281. The molecule has 6 heteroatoms. The first-order valence-corrected chi connectivity index (χ1v) is 5.27. The first kappa shape index (κ1) is 11.1. The lowest BCUT2D eigenvalue weighted by Gasteiger charge is -2.25. The van der Waals surface area contributed by atoms with Crippen LogP contribution in [0.5, 0.6) is 0 Å². The number of carbonyl (C=O) groups excluding carboxylic acids is 1. The fourth-order valence-electron chi connectivity index (χ4n) is 1.56. The summed E-state index contributed by atoms with van der Waals surface area (Å²) in [7, 11) is 1.80. The van der Waals surface area contributed by atoms with Crippen LogP contribution in [0.25, 0.3) is 0 Å². The van der Waals surface area contributed by atoms with E-state index in [-0.39, 0.29) is 5.91 Å². The summed E-state index contributed by atoms with van der Waals surface area (Å²) in [5.74, 6) is 0.712. The number of amides is 1. The Morgan fingerprint density at radius 1 is 1.56 bits per heavy atom. The summed E-state index contributed by atoms with van der Waals surface area (Å²) in [5, 5.41) is 2.91.